The molecule has 0 spiro atoms. The molecule has 0 atom stereocenters. The SMILES string of the molecule is CCCCC(C)(C)c1nc(C(C)(C)CCCC)c(C(C)(CC)CC)[nH]1.CCCCC(C)(C)c1nc(C(C)(C)CCCC)c(C(C)(CC)CC)[nH]1. The summed E-state index contributed by atoms with van der Waals surface area (Å²) in [7, 11) is 0. The van der Waals surface area contributed by atoms with Gasteiger partial charge in [0.05, 0.1) is 11.4 Å². The molecule has 0 saturated heterocycles. The molecule has 0 aliphatic carbocycles. The highest BCUT2D eigenvalue weighted by atomic mass is 15.0. The van der Waals surface area contributed by atoms with Gasteiger partial charge in [-0.2, -0.15) is 0 Å². The van der Waals surface area contributed by atoms with Crippen LogP contribution in [0.15, 0.2) is 0 Å². The third kappa shape index (κ3) is 11.7. The van der Waals surface area contributed by atoms with Gasteiger partial charge in [0.25, 0.3) is 0 Å². The number of unbranched alkanes of at least 4 members (excludes halogenated alkanes) is 4. The maximum Gasteiger partial charge on any atom is 0.112 e. The van der Waals surface area contributed by atoms with Crippen LogP contribution in [0.5, 0.6) is 0 Å². The minimum atomic E-state index is 0.117. The molecular weight excluding hydrogens is 609 g/mol. The number of aromatic nitrogens is 4. The summed E-state index contributed by atoms with van der Waals surface area (Å²) in [6.45, 7) is 42.1. The van der Waals surface area contributed by atoms with E-state index in [1.54, 1.807) is 0 Å². The third-order valence-corrected chi connectivity index (χ3v) is 12.9. The lowest BCUT2D eigenvalue weighted by atomic mass is 9.74. The number of hydrogen-bond donors (Lipinski definition) is 2. The van der Waals surface area contributed by atoms with Gasteiger partial charge in [-0.15, -0.1) is 0 Å². The molecule has 0 bridgehead atoms. The zero-order valence-corrected chi connectivity index (χ0v) is 37.2. The largest absolute Gasteiger partial charge is 0.345 e. The highest BCUT2D eigenvalue weighted by Crippen LogP contribution is 2.43. The smallest absolute Gasteiger partial charge is 0.112 e. The normalized spacial score (nSPS) is 13.5. The number of nitrogens with one attached hydrogen (secondary N) is 2. The summed E-state index contributed by atoms with van der Waals surface area (Å²) in [6.07, 6.45) is 19.4. The van der Waals surface area contributed by atoms with Crippen molar-refractivity contribution in [3.05, 3.63) is 34.4 Å². The highest BCUT2D eigenvalue weighted by Gasteiger charge is 2.39. The zero-order valence-electron chi connectivity index (χ0n) is 37.2. The molecule has 0 unspecified atom stereocenters. The number of nitrogens with zero attached hydrogens (tertiary/aromatic N) is 2. The Labute approximate surface area is 313 Å². The van der Waals surface area contributed by atoms with Gasteiger partial charge in [0.15, 0.2) is 0 Å². The van der Waals surface area contributed by atoms with Crippen LogP contribution in [-0.2, 0) is 32.5 Å². The predicted molar refractivity (Wildman–Crippen MR) is 223 cm³/mol. The molecule has 292 valence electrons. The molecular formula is C46H88N4. The molecule has 2 aromatic heterocycles. The highest BCUT2D eigenvalue weighted by molar-refractivity contribution is 5.33. The van der Waals surface area contributed by atoms with Gasteiger partial charge in [0, 0.05) is 43.9 Å². The summed E-state index contributed by atoms with van der Waals surface area (Å²) in [4.78, 5) is 18.2. The van der Waals surface area contributed by atoms with E-state index >= 15 is 0 Å². The molecule has 50 heavy (non-hydrogen) atoms. The molecule has 0 aliphatic heterocycles. The van der Waals surface area contributed by atoms with Gasteiger partial charge in [-0.3, -0.25) is 0 Å². The maximum absolute atomic E-state index is 5.27. The summed E-state index contributed by atoms with van der Waals surface area (Å²) in [6, 6.07) is 0. The lowest BCUT2D eigenvalue weighted by molar-refractivity contribution is 0.391. The van der Waals surface area contributed by atoms with Gasteiger partial charge in [-0.1, -0.05) is 176 Å². The topological polar surface area (TPSA) is 57.4 Å². The van der Waals surface area contributed by atoms with E-state index < -0.39 is 0 Å². The van der Waals surface area contributed by atoms with Crippen molar-refractivity contribution in [2.75, 3.05) is 0 Å². The molecule has 2 heterocycles. The second-order valence-corrected chi connectivity index (χ2v) is 19.1. The summed E-state index contributed by atoms with van der Waals surface area (Å²) >= 11 is 0. The van der Waals surface area contributed by atoms with E-state index in [-0.39, 0.29) is 32.5 Å². The van der Waals surface area contributed by atoms with Crippen LogP contribution in [0.1, 0.15) is 262 Å². The lowest BCUT2D eigenvalue weighted by Gasteiger charge is -2.32. The molecule has 2 N–H and O–H groups in total. The molecule has 2 aromatic rings. The lowest BCUT2D eigenvalue weighted by Crippen LogP contribution is -2.28. The molecule has 2 rings (SSSR count). The van der Waals surface area contributed by atoms with Crippen LogP contribution in [-0.4, -0.2) is 19.9 Å². The Morgan fingerprint density at radius 1 is 0.380 bits per heavy atom. The van der Waals surface area contributed by atoms with Gasteiger partial charge < -0.3 is 9.97 Å². The fraction of sp³-hybridized carbons (Fsp3) is 0.870. The molecule has 0 saturated carbocycles. The average Bonchev–Trinajstić information content (AvgIpc) is 3.77. The molecule has 0 amide bonds. The Bertz CT molecular complexity index is 1130. The Balaban J connectivity index is 0.000000500. The monoisotopic (exact) mass is 697 g/mol. The minimum absolute atomic E-state index is 0.117. The van der Waals surface area contributed by atoms with Crippen molar-refractivity contribution in [3.8, 4) is 0 Å². The fourth-order valence-corrected chi connectivity index (χ4v) is 7.40. The van der Waals surface area contributed by atoms with Crippen molar-refractivity contribution in [2.24, 2.45) is 0 Å². The first kappa shape index (κ1) is 46.4. The standard InChI is InChI=1S/2C23H44N2/c2*1-10-14-16-21(5,6)18-19(23(9,12-3)13-4)25-20(24-18)22(7,8)17-15-11-2/h2*10-17H2,1-9H3,(H,24,25). The van der Waals surface area contributed by atoms with Gasteiger partial charge in [0.2, 0.25) is 0 Å². The Hall–Kier alpha value is -1.58. The van der Waals surface area contributed by atoms with E-state index in [2.05, 4.69) is 135 Å². The number of imidazole rings is 2. The van der Waals surface area contributed by atoms with Crippen molar-refractivity contribution in [2.45, 2.75) is 260 Å². The van der Waals surface area contributed by atoms with E-state index in [1.165, 1.54) is 111 Å². The van der Waals surface area contributed by atoms with Gasteiger partial charge in [-0.05, 0) is 51.4 Å². The van der Waals surface area contributed by atoms with Crippen molar-refractivity contribution < 1.29 is 0 Å². The first-order valence-electron chi connectivity index (χ1n) is 21.4. The number of rotatable bonds is 22. The predicted octanol–water partition coefficient (Wildman–Crippen LogP) is 14.8. The number of aromatic amines is 2. The summed E-state index contributed by atoms with van der Waals surface area (Å²) in [5.41, 5.74) is 6.32. The first-order valence-corrected chi connectivity index (χ1v) is 21.4. The first-order chi connectivity index (χ1) is 23.1. The van der Waals surface area contributed by atoms with Crippen LogP contribution in [0.4, 0.5) is 0 Å². The van der Waals surface area contributed by atoms with Crippen LogP contribution >= 0.6 is 0 Å². The summed E-state index contributed by atoms with van der Waals surface area (Å²) in [5, 5.41) is 0. The molecule has 4 heteroatoms. The number of H-pyrrole nitrogens is 2. The van der Waals surface area contributed by atoms with Gasteiger partial charge in [-0.25, -0.2) is 9.97 Å². The van der Waals surface area contributed by atoms with Crippen LogP contribution in [0.3, 0.4) is 0 Å². The van der Waals surface area contributed by atoms with E-state index in [0.717, 1.165) is 25.7 Å². The summed E-state index contributed by atoms with van der Waals surface area (Å²) in [5.74, 6) is 2.40. The molecule has 0 radical (unpaired) electrons. The van der Waals surface area contributed by atoms with Crippen LogP contribution in [0.2, 0.25) is 0 Å². The zero-order chi connectivity index (χ0) is 38.6. The van der Waals surface area contributed by atoms with Gasteiger partial charge >= 0.3 is 0 Å². The van der Waals surface area contributed by atoms with E-state index in [1.807, 2.05) is 0 Å². The second kappa shape index (κ2) is 19.5. The summed E-state index contributed by atoms with van der Waals surface area (Å²) < 4.78 is 0. The maximum atomic E-state index is 5.27. The molecule has 0 fully saturated rings. The van der Waals surface area contributed by atoms with Crippen LogP contribution in [0.25, 0.3) is 0 Å². The number of hydrogen-bond acceptors (Lipinski definition) is 2. The quantitative estimate of drug-likeness (QED) is 0.129. The average molecular weight is 697 g/mol. The minimum Gasteiger partial charge on any atom is -0.345 e. The van der Waals surface area contributed by atoms with E-state index in [0.29, 0.717) is 0 Å². The van der Waals surface area contributed by atoms with Crippen LogP contribution in [0, 0.1) is 0 Å². The van der Waals surface area contributed by atoms with E-state index in [9.17, 15) is 0 Å². The van der Waals surface area contributed by atoms with Crippen molar-refractivity contribution in [1.29, 1.82) is 0 Å². The Kier molecular flexibility index (Phi) is 18.1. The van der Waals surface area contributed by atoms with Crippen molar-refractivity contribution in [1.82, 2.24) is 19.9 Å². The van der Waals surface area contributed by atoms with Crippen molar-refractivity contribution in [3.63, 3.8) is 0 Å². The molecule has 0 aromatic carbocycles. The van der Waals surface area contributed by atoms with E-state index in [4.69, 9.17) is 9.97 Å². The second-order valence-electron chi connectivity index (χ2n) is 19.1. The molecule has 0 aliphatic rings. The Morgan fingerprint density at radius 2 is 0.620 bits per heavy atom. The molecule has 4 nitrogen and oxygen atoms in total. The Morgan fingerprint density at radius 3 is 0.840 bits per heavy atom. The fourth-order valence-electron chi connectivity index (χ4n) is 7.40. The van der Waals surface area contributed by atoms with Gasteiger partial charge in [0.1, 0.15) is 11.6 Å². The third-order valence-electron chi connectivity index (χ3n) is 12.9. The van der Waals surface area contributed by atoms with Crippen LogP contribution < -0.4 is 0 Å². The van der Waals surface area contributed by atoms with Crippen molar-refractivity contribution >= 4 is 0 Å².